The first-order valence-electron chi connectivity index (χ1n) is 8.32. The molecular formula is C20H16F3NO3S. The second-order valence-electron chi connectivity index (χ2n) is 6.16. The van der Waals surface area contributed by atoms with Gasteiger partial charge in [-0.1, -0.05) is 72.8 Å². The van der Waals surface area contributed by atoms with Crippen LogP contribution < -0.4 is 0 Å². The van der Waals surface area contributed by atoms with Crippen LogP contribution in [0.3, 0.4) is 0 Å². The Labute approximate surface area is 160 Å². The van der Waals surface area contributed by atoms with Crippen molar-refractivity contribution >= 4 is 15.8 Å². The number of Topliss-reactive ketones (excluding diaryl/α,β-unsaturated/α-hetero) is 1. The molecule has 4 nitrogen and oxygen atoms in total. The van der Waals surface area contributed by atoms with Crippen molar-refractivity contribution in [2.45, 2.75) is 11.4 Å². The van der Waals surface area contributed by atoms with E-state index < -0.39 is 27.4 Å². The topological polar surface area (TPSA) is 54.5 Å². The van der Waals surface area contributed by atoms with Crippen molar-refractivity contribution in [3.05, 3.63) is 96.3 Å². The fourth-order valence-corrected chi connectivity index (χ4v) is 3.68. The molecular weight excluding hydrogens is 391 g/mol. The molecule has 0 aliphatic carbocycles. The van der Waals surface area contributed by atoms with E-state index in [9.17, 15) is 26.4 Å². The number of allylic oxidation sites excluding steroid dienone is 2. The number of sulfonamides is 1. The quantitative estimate of drug-likeness (QED) is 0.688. The van der Waals surface area contributed by atoms with Crippen LogP contribution >= 0.6 is 0 Å². The van der Waals surface area contributed by atoms with Crippen molar-refractivity contribution in [1.82, 2.24) is 4.31 Å². The van der Waals surface area contributed by atoms with E-state index in [-0.39, 0.29) is 10.1 Å². The van der Waals surface area contributed by atoms with Gasteiger partial charge in [0, 0.05) is 23.9 Å². The summed E-state index contributed by atoms with van der Waals surface area (Å²) >= 11 is 0. The highest BCUT2D eigenvalue weighted by atomic mass is 32.2. The highest BCUT2D eigenvalue weighted by Crippen LogP contribution is 2.35. The van der Waals surface area contributed by atoms with Crippen molar-refractivity contribution in [2.75, 3.05) is 0 Å². The van der Waals surface area contributed by atoms with Gasteiger partial charge < -0.3 is 0 Å². The van der Waals surface area contributed by atoms with Gasteiger partial charge in [0.05, 0.1) is 5.92 Å². The standard InChI is InChI=1S/C20H16F3NO3S/c21-20(22,23)28(26,27)24-13-11-16(12-14-24)18(15-7-3-1-4-8-15)19(25)17-9-5-2-6-10-17/h1-14,16,18H. The Kier molecular flexibility index (Phi) is 5.42. The summed E-state index contributed by atoms with van der Waals surface area (Å²) in [6, 6.07) is 17.4. The monoisotopic (exact) mass is 407 g/mol. The minimum atomic E-state index is -5.51. The van der Waals surface area contributed by atoms with Crippen LogP contribution in [0.5, 0.6) is 0 Å². The lowest BCUT2D eigenvalue weighted by Gasteiger charge is -2.27. The number of ketones is 1. The molecule has 3 rings (SSSR count). The molecule has 0 radical (unpaired) electrons. The molecule has 146 valence electrons. The summed E-state index contributed by atoms with van der Waals surface area (Å²) in [5.74, 6) is -1.51. The van der Waals surface area contributed by atoms with E-state index in [1.54, 1.807) is 60.7 Å². The molecule has 2 aromatic rings. The van der Waals surface area contributed by atoms with Crippen LogP contribution in [-0.4, -0.2) is 24.0 Å². The smallest absolute Gasteiger partial charge is 0.293 e. The highest BCUT2D eigenvalue weighted by Gasteiger charge is 2.49. The third-order valence-electron chi connectivity index (χ3n) is 4.36. The predicted octanol–water partition coefficient (Wildman–Crippen LogP) is 4.46. The number of carbonyl (C=O) groups is 1. The number of hydrogen-bond acceptors (Lipinski definition) is 3. The van der Waals surface area contributed by atoms with E-state index >= 15 is 0 Å². The maximum absolute atomic E-state index is 13.1. The first-order valence-corrected chi connectivity index (χ1v) is 9.76. The molecule has 0 saturated carbocycles. The Bertz CT molecular complexity index is 986. The number of hydrogen-bond donors (Lipinski definition) is 0. The first-order chi connectivity index (χ1) is 13.2. The number of carbonyl (C=O) groups excluding carboxylic acids is 1. The minimum absolute atomic E-state index is 0.110. The van der Waals surface area contributed by atoms with E-state index in [1.165, 1.54) is 12.2 Å². The van der Waals surface area contributed by atoms with Crippen LogP contribution in [0.25, 0.3) is 0 Å². The normalized spacial score (nSPS) is 16.2. The molecule has 1 heterocycles. The van der Waals surface area contributed by atoms with Crippen LogP contribution in [0.2, 0.25) is 0 Å². The fraction of sp³-hybridized carbons (Fsp3) is 0.150. The van der Waals surface area contributed by atoms with Gasteiger partial charge in [-0.15, -0.1) is 0 Å². The predicted molar refractivity (Wildman–Crippen MR) is 98.5 cm³/mol. The van der Waals surface area contributed by atoms with Crippen molar-refractivity contribution in [1.29, 1.82) is 0 Å². The Morgan fingerprint density at radius 3 is 1.89 bits per heavy atom. The van der Waals surface area contributed by atoms with Gasteiger partial charge in [-0.05, 0) is 5.56 Å². The number of benzene rings is 2. The molecule has 1 unspecified atom stereocenters. The van der Waals surface area contributed by atoms with Crippen LogP contribution in [0, 0.1) is 5.92 Å². The van der Waals surface area contributed by atoms with Crippen LogP contribution in [0.1, 0.15) is 21.8 Å². The minimum Gasteiger partial charge on any atom is -0.293 e. The van der Waals surface area contributed by atoms with Gasteiger partial charge in [0.1, 0.15) is 0 Å². The summed E-state index contributed by atoms with van der Waals surface area (Å²) in [4.78, 5) is 13.1. The van der Waals surface area contributed by atoms with Crippen LogP contribution in [-0.2, 0) is 10.0 Å². The molecule has 2 aromatic carbocycles. The van der Waals surface area contributed by atoms with E-state index in [1.807, 2.05) is 0 Å². The van der Waals surface area contributed by atoms with Crippen molar-refractivity contribution in [2.24, 2.45) is 5.92 Å². The van der Waals surface area contributed by atoms with E-state index in [0.717, 1.165) is 12.4 Å². The zero-order chi connectivity index (χ0) is 20.4. The summed E-state index contributed by atoms with van der Waals surface area (Å²) in [5, 5.41) is 0. The number of alkyl halides is 3. The zero-order valence-corrected chi connectivity index (χ0v) is 15.3. The molecule has 0 aromatic heterocycles. The maximum atomic E-state index is 13.1. The largest absolute Gasteiger partial charge is 0.517 e. The zero-order valence-electron chi connectivity index (χ0n) is 14.5. The Balaban J connectivity index is 1.95. The summed E-state index contributed by atoms with van der Waals surface area (Å²) in [5.41, 5.74) is -4.26. The summed E-state index contributed by atoms with van der Waals surface area (Å²) in [6.45, 7) is 0. The van der Waals surface area contributed by atoms with Gasteiger partial charge in [0.2, 0.25) is 0 Å². The van der Waals surface area contributed by atoms with Gasteiger partial charge in [-0.2, -0.15) is 21.6 Å². The SMILES string of the molecule is O=C(c1ccccc1)C(c1ccccc1)C1C=CN(S(=O)(=O)C(F)(F)F)C=C1. The molecule has 28 heavy (non-hydrogen) atoms. The van der Waals surface area contributed by atoms with Crippen molar-refractivity contribution in [3.8, 4) is 0 Å². The fourth-order valence-electron chi connectivity index (χ4n) is 2.97. The Morgan fingerprint density at radius 2 is 1.39 bits per heavy atom. The van der Waals surface area contributed by atoms with E-state index in [2.05, 4.69) is 0 Å². The molecule has 0 N–H and O–H groups in total. The molecule has 0 saturated heterocycles. The molecule has 1 aliphatic rings. The van der Waals surface area contributed by atoms with Crippen molar-refractivity contribution in [3.63, 3.8) is 0 Å². The van der Waals surface area contributed by atoms with E-state index in [4.69, 9.17) is 0 Å². The van der Waals surface area contributed by atoms with Gasteiger partial charge in [0.25, 0.3) is 0 Å². The molecule has 0 spiro atoms. The van der Waals surface area contributed by atoms with E-state index in [0.29, 0.717) is 11.1 Å². The Hall–Kier alpha value is -2.87. The van der Waals surface area contributed by atoms with Gasteiger partial charge in [-0.25, -0.2) is 4.31 Å². The summed E-state index contributed by atoms with van der Waals surface area (Å²) < 4.78 is 61.4. The number of nitrogens with zero attached hydrogens (tertiary/aromatic N) is 1. The number of rotatable bonds is 5. The first kappa shape index (κ1) is 19.9. The Morgan fingerprint density at radius 1 is 0.893 bits per heavy atom. The molecule has 0 amide bonds. The van der Waals surface area contributed by atoms with Crippen LogP contribution in [0.4, 0.5) is 13.2 Å². The second kappa shape index (κ2) is 7.63. The third-order valence-corrected chi connectivity index (χ3v) is 5.75. The average Bonchev–Trinajstić information content (AvgIpc) is 2.69. The maximum Gasteiger partial charge on any atom is 0.517 e. The molecule has 1 atom stereocenters. The van der Waals surface area contributed by atoms with Gasteiger partial charge in [-0.3, -0.25) is 4.79 Å². The van der Waals surface area contributed by atoms with Gasteiger partial charge >= 0.3 is 15.5 Å². The molecule has 0 bridgehead atoms. The van der Waals surface area contributed by atoms with Crippen LogP contribution in [0.15, 0.2) is 85.2 Å². The summed E-state index contributed by atoms with van der Waals surface area (Å²) in [7, 11) is -5.51. The number of halogens is 3. The lowest BCUT2D eigenvalue weighted by Crippen LogP contribution is -2.35. The lowest BCUT2D eigenvalue weighted by molar-refractivity contribution is -0.0468. The highest BCUT2D eigenvalue weighted by molar-refractivity contribution is 7.90. The summed E-state index contributed by atoms with van der Waals surface area (Å²) in [6.07, 6.45) is 4.26. The molecule has 8 heteroatoms. The molecule has 0 fully saturated rings. The molecule has 1 aliphatic heterocycles. The van der Waals surface area contributed by atoms with Crippen molar-refractivity contribution < 1.29 is 26.4 Å². The lowest BCUT2D eigenvalue weighted by atomic mass is 9.80. The average molecular weight is 407 g/mol. The third kappa shape index (κ3) is 3.87. The van der Waals surface area contributed by atoms with Gasteiger partial charge in [0.15, 0.2) is 5.78 Å². The second-order valence-corrected chi connectivity index (χ2v) is 7.99.